The van der Waals surface area contributed by atoms with E-state index in [1.165, 1.54) is 0 Å². The molecule has 142 valence electrons. The molecule has 1 amide bonds. The Bertz CT molecular complexity index is 785. The SMILES string of the molecule is COc1ccc(C(=O)O[C@H]2CCCN(C(=O)c3ccc(OC)cc3)C2)cc1. The van der Waals surface area contributed by atoms with Crippen LogP contribution in [0, 0.1) is 0 Å². The number of nitrogens with zero attached hydrogens (tertiary/aromatic N) is 1. The van der Waals surface area contributed by atoms with Gasteiger partial charge in [-0.1, -0.05) is 0 Å². The van der Waals surface area contributed by atoms with Gasteiger partial charge in [0.05, 0.1) is 26.3 Å². The predicted octanol–water partition coefficient (Wildman–Crippen LogP) is 3.17. The summed E-state index contributed by atoms with van der Waals surface area (Å²) >= 11 is 0. The third kappa shape index (κ3) is 4.58. The van der Waals surface area contributed by atoms with Crippen LogP contribution in [0.3, 0.4) is 0 Å². The number of esters is 1. The second-order valence-corrected chi connectivity index (χ2v) is 6.38. The minimum absolute atomic E-state index is 0.0668. The van der Waals surface area contributed by atoms with Gasteiger partial charge in [-0.3, -0.25) is 4.79 Å². The van der Waals surface area contributed by atoms with Crippen molar-refractivity contribution in [3.05, 3.63) is 59.7 Å². The minimum atomic E-state index is -0.388. The Morgan fingerprint density at radius 1 is 0.889 bits per heavy atom. The summed E-state index contributed by atoms with van der Waals surface area (Å²) in [5, 5.41) is 0. The van der Waals surface area contributed by atoms with Crippen LogP contribution in [-0.4, -0.2) is 50.2 Å². The zero-order valence-electron chi connectivity index (χ0n) is 15.5. The molecule has 6 heteroatoms. The smallest absolute Gasteiger partial charge is 0.338 e. The summed E-state index contributed by atoms with van der Waals surface area (Å²) in [6, 6.07) is 13.8. The van der Waals surface area contributed by atoms with Crippen LogP contribution in [0.2, 0.25) is 0 Å². The molecule has 1 aliphatic rings. The molecule has 0 spiro atoms. The summed E-state index contributed by atoms with van der Waals surface area (Å²) in [7, 11) is 3.16. The van der Waals surface area contributed by atoms with Gasteiger partial charge in [0, 0.05) is 12.1 Å². The van der Waals surface area contributed by atoms with E-state index in [0.717, 1.165) is 12.8 Å². The van der Waals surface area contributed by atoms with Crippen LogP contribution in [0.1, 0.15) is 33.6 Å². The standard InChI is InChI=1S/C21H23NO5/c1-25-17-9-5-15(6-10-17)20(23)22-13-3-4-19(14-22)27-21(24)16-7-11-18(26-2)12-8-16/h5-12,19H,3-4,13-14H2,1-2H3/t19-/m0/s1. The van der Waals surface area contributed by atoms with Crippen molar-refractivity contribution in [1.29, 1.82) is 0 Å². The summed E-state index contributed by atoms with van der Waals surface area (Å²) < 4.78 is 15.8. The Balaban J connectivity index is 1.60. The zero-order valence-corrected chi connectivity index (χ0v) is 15.5. The molecule has 2 aromatic carbocycles. The first-order valence-corrected chi connectivity index (χ1v) is 8.89. The Morgan fingerprint density at radius 3 is 2.00 bits per heavy atom. The molecule has 0 aromatic heterocycles. The van der Waals surface area contributed by atoms with Gasteiger partial charge < -0.3 is 19.1 Å². The largest absolute Gasteiger partial charge is 0.497 e. The van der Waals surface area contributed by atoms with Crippen LogP contribution in [0.15, 0.2) is 48.5 Å². The molecule has 27 heavy (non-hydrogen) atoms. The van der Waals surface area contributed by atoms with Crippen molar-refractivity contribution in [2.24, 2.45) is 0 Å². The molecule has 6 nitrogen and oxygen atoms in total. The highest BCUT2D eigenvalue weighted by molar-refractivity contribution is 5.94. The molecular weight excluding hydrogens is 346 g/mol. The van der Waals surface area contributed by atoms with Crippen molar-refractivity contribution in [1.82, 2.24) is 4.90 Å². The van der Waals surface area contributed by atoms with E-state index in [9.17, 15) is 9.59 Å². The third-order valence-electron chi connectivity index (χ3n) is 4.60. The zero-order chi connectivity index (χ0) is 19.2. The van der Waals surface area contributed by atoms with Gasteiger partial charge in [0.25, 0.3) is 5.91 Å². The predicted molar refractivity (Wildman–Crippen MR) is 100 cm³/mol. The molecule has 1 heterocycles. The number of rotatable bonds is 5. The number of carbonyl (C=O) groups is 2. The first-order valence-electron chi connectivity index (χ1n) is 8.89. The van der Waals surface area contributed by atoms with E-state index in [4.69, 9.17) is 14.2 Å². The van der Waals surface area contributed by atoms with Gasteiger partial charge in [-0.15, -0.1) is 0 Å². The lowest BCUT2D eigenvalue weighted by molar-refractivity contribution is 0.00720. The first-order chi connectivity index (χ1) is 13.1. The van der Waals surface area contributed by atoms with Gasteiger partial charge in [-0.2, -0.15) is 0 Å². The van der Waals surface area contributed by atoms with Crippen molar-refractivity contribution < 1.29 is 23.8 Å². The quantitative estimate of drug-likeness (QED) is 0.758. The molecule has 0 unspecified atom stereocenters. The molecule has 0 N–H and O–H groups in total. The number of hydrogen-bond acceptors (Lipinski definition) is 5. The van der Waals surface area contributed by atoms with E-state index in [-0.39, 0.29) is 18.0 Å². The Morgan fingerprint density at radius 2 is 1.44 bits per heavy atom. The fourth-order valence-corrected chi connectivity index (χ4v) is 3.08. The van der Waals surface area contributed by atoms with E-state index in [2.05, 4.69) is 0 Å². The molecule has 0 aliphatic carbocycles. The first kappa shape index (κ1) is 18.8. The van der Waals surface area contributed by atoms with Crippen molar-refractivity contribution in [3.63, 3.8) is 0 Å². The number of hydrogen-bond donors (Lipinski definition) is 0. The van der Waals surface area contributed by atoms with Crippen LogP contribution < -0.4 is 9.47 Å². The van der Waals surface area contributed by atoms with Gasteiger partial charge in [0.15, 0.2) is 0 Å². The van der Waals surface area contributed by atoms with Gasteiger partial charge in [-0.25, -0.2) is 4.79 Å². The molecule has 3 rings (SSSR count). The molecule has 1 fully saturated rings. The van der Waals surface area contributed by atoms with Crippen LogP contribution >= 0.6 is 0 Å². The number of carbonyl (C=O) groups excluding carboxylic acids is 2. The normalized spacial score (nSPS) is 16.5. The van der Waals surface area contributed by atoms with Crippen molar-refractivity contribution in [2.75, 3.05) is 27.3 Å². The molecular formula is C21H23NO5. The van der Waals surface area contributed by atoms with Gasteiger partial charge in [0.2, 0.25) is 0 Å². The van der Waals surface area contributed by atoms with Crippen molar-refractivity contribution >= 4 is 11.9 Å². The number of ether oxygens (including phenoxy) is 3. The van der Waals surface area contributed by atoms with E-state index < -0.39 is 0 Å². The van der Waals surface area contributed by atoms with Crippen LogP contribution in [-0.2, 0) is 4.74 Å². The second kappa shape index (κ2) is 8.58. The van der Waals surface area contributed by atoms with Gasteiger partial charge >= 0.3 is 5.97 Å². The van der Waals surface area contributed by atoms with Crippen molar-refractivity contribution in [2.45, 2.75) is 18.9 Å². The highest BCUT2D eigenvalue weighted by Crippen LogP contribution is 2.20. The number of likely N-dealkylation sites (tertiary alicyclic amines) is 1. The van der Waals surface area contributed by atoms with Crippen LogP contribution in [0.25, 0.3) is 0 Å². The monoisotopic (exact) mass is 369 g/mol. The van der Waals surface area contributed by atoms with E-state index >= 15 is 0 Å². The highest BCUT2D eigenvalue weighted by Gasteiger charge is 2.27. The summed E-state index contributed by atoms with van der Waals surface area (Å²) in [6.45, 7) is 1.05. The molecule has 1 atom stereocenters. The number of amides is 1. The Kier molecular flexibility index (Phi) is 5.96. The molecule has 2 aromatic rings. The fourth-order valence-electron chi connectivity index (χ4n) is 3.08. The molecule has 0 saturated carbocycles. The third-order valence-corrected chi connectivity index (χ3v) is 4.60. The average molecular weight is 369 g/mol. The lowest BCUT2D eigenvalue weighted by atomic mass is 10.1. The Hall–Kier alpha value is -3.02. The number of piperidine rings is 1. The number of benzene rings is 2. The average Bonchev–Trinajstić information content (AvgIpc) is 2.73. The van der Waals surface area contributed by atoms with E-state index in [1.807, 2.05) is 0 Å². The lowest BCUT2D eigenvalue weighted by Gasteiger charge is -2.32. The fraction of sp³-hybridized carbons (Fsp3) is 0.333. The maximum Gasteiger partial charge on any atom is 0.338 e. The molecule has 1 aliphatic heterocycles. The number of methoxy groups -OCH3 is 2. The highest BCUT2D eigenvalue weighted by atomic mass is 16.5. The van der Waals surface area contributed by atoms with Gasteiger partial charge in [0.1, 0.15) is 17.6 Å². The summed E-state index contributed by atoms with van der Waals surface area (Å²) in [4.78, 5) is 26.8. The summed E-state index contributed by atoms with van der Waals surface area (Å²) in [5.41, 5.74) is 1.06. The van der Waals surface area contributed by atoms with Crippen LogP contribution in [0.4, 0.5) is 0 Å². The summed E-state index contributed by atoms with van der Waals surface area (Å²) in [5.74, 6) is 0.932. The van der Waals surface area contributed by atoms with Crippen molar-refractivity contribution in [3.8, 4) is 11.5 Å². The maximum atomic E-state index is 12.7. The van der Waals surface area contributed by atoms with Gasteiger partial charge in [-0.05, 0) is 61.4 Å². The van der Waals surface area contributed by atoms with Crippen LogP contribution in [0.5, 0.6) is 11.5 Å². The van der Waals surface area contributed by atoms with E-state index in [1.54, 1.807) is 67.7 Å². The lowest BCUT2D eigenvalue weighted by Crippen LogP contribution is -2.43. The second-order valence-electron chi connectivity index (χ2n) is 6.38. The Labute approximate surface area is 158 Å². The maximum absolute atomic E-state index is 12.7. The molecule has 1 saturated heterocycles. The molecule has 0 bridgehead atoms. The minimum Gasteiger partial charge on any atom is -0.497 e. The topological polar surface area (TPSA) is 65.1 Å². The van der Waals surface area contributed by atoms with E-state index in [0.29, 0.717) is 35.7 Å². The molecule has 0 radical (unpaired) electrons. The summed E-state index contributed by atoms with van der Waals surface area (Å²) in [6.07, 6.45) is 1.23.